The first-order valence-corrected chi connectivity index (χ1v) is 7.25. The molecule has 0 aliphatic carbocycles. The fourth-order valence-corrected chi connectivity index (χ4v) is 2.55. The minimum absolute atomic E-state index is 0. The fraction of sp³-hybridized carbons (Fsp3) is 0.500. The van der Waals surface area contributed by atoms with Gasteiger partial charge in [-0.1, -0.05) is 28.1 Å². The molecule has 0 saturated carbocycles. The van der Waals surface area contributed by atoms with Gasteiger partial charge in [-0.05, 0) is 17.7 Å². The maximum absolute atomic E-state index is 12.1. The Bertz CT molecular complexity index is 439. The van der Waals surface area contributed by atoms with E-state index in [4.69, 9.17) is 4.74 Å². The molecular weight excluding hydrogens is 344 g/mol. The molecule has 1 saturated heterocycles. The molecule has 1 atom stereocenters. The average molecular weight is 364 g/mol. The normalized spacial score (nSPS) is 18.2. The molecule has 1 fully saturated rings. The summed E-state index contributed by atoms with van der Waals surface area (Å²) >= 11 is 3.44. The molecule has 1 unspecified atom stereocenters. The van der Waals surface area contributed by atoms with Crippen molar-refractivity contribution in [3.05, 3.63) is 34.3 Å². The van der Waals surface area contributed by atoms with Crippen LogP contribution in [-0.4, -0.2) is 43.7 Å². The first-order chi connectivity index (χ1) is 9.15. The maximum atomic E-state index is 12.1. The molecule has 6 heteroatoms. The standard InChI is InChI=1S/C14H19BrN2O2.ClH/c1-17(10-11-3-2-4-12(15)7-11)14(18)8-13-9-16-5-6-19-13;/h2-4,7,13,16H,5-6,8-10H2,1H3;1H. The van der Waals surface area contributed by atoms with Crippen molar-refractivity contribution in [1.82, 2.24) is 10.2 Å². The van der Waals surface area contributed by atoms with E-state index in [0.29, 0.717) is 19.6 Å². The molecule has 0 spiro atoms. The summed E-state index contributed by atoms with van der Waals surface area (Å²) in [4.78, 5) is 13.9. The minimum atomic E-state index is 0. The zero-order chi connectivity index (χ0) is 13.7. The Morgan fingerprint density at radius 3 is 3.00 bits per heavy atom. The fourth-order valence-electron chi connectivity index (χ4n) is 2.10. The Labute approximate surface area is 134 Å². The van der Waals surface area contributed by atoms with Crippen molar-refractivity contribution < 1.29 is 9.53 Å². The molecule has 1 aromatic carbocycles. The average Bonchev–Trinajstić information content (AvgIpc) is 2.40. The van der Waals surface area contributed by atoms with E-state index < -0.39 is 0 Å². The Kier molecular flexibility index (Phi) is 7.51. The highest BCUT2D eigenvalue weighted by molar-refractivity contribution is 9.10. The maximum Gasteiger partial charge on any atom is 0.225 e. The zero-order valence-corrected chi connectivity index (χ0v) is 13.9. The molecule has 1 N–H and O–H groups in total. The lowest BCUT2D eigenvalue weighted by molar-refractivity contribution is -0.133. The third-order valence-electron chi connectivity index (χ3n) is 3.14. The highest BCUT2D eigenvalue weighted by Crippen LogP contribution is 2.14. The molecule has 1 aliphatic heterocycles. The van der Waals surface area contributed by atoms with E-state index >= 15 is 0 Å². The van der Waals surface area contributed by atoms with Crippen LogP contribution in [0.15, 0.2) is 28.7 Å². The van der Waals surface area contributed by atoms with Crippen LogP contribution in [0.5, 0.6) is 0 Å². The van der Waals surface area contributed by atoms with Crippen molar-refractivity contribution in [2.24, 2.45) is 0 Å². The number of ether oxygens (including phenoxy) is 1. The van der Waals surface area contributed by atoms with Gasteiger partial charge in [-0.3, -0.25) is 4.79 Å². The Balaban J connectivity index is 0.00000200. The number of benzene rings is 1. The number of hydrogen-bond acceptors (Lipinski definition) is 3. The van der Waals surface area contributed by atoms with Gasteiger partial charge < -0.3 is 15.0 Å². The van der Waals surface area contributed by atoms with Gasteiger partial charge in [0.25, 0.3) is 0 Å². The smallest absolute Gasteiger partial charge is 0.225 e. The summed E-state index contributed by atoms with van der Waals surface area (Å²) in [5.41, 5.74) is 1.12. The van der Waals surface area contributed by atoms with Crippen molar-refractivity contribution in [2.45, 2.75) is 19.1 Å². The molecule has 0 aromatic heterocycles. The number of carbonyl (C=O) groups excluding carboxylic acids is 1. The van der Waals surface area contributed by atoms with Crippen LogP contribution in [0, 0.1) is 0 Å². The molecule has 1 heterocycles. The molecule has 0 radical (unpaired) electrons. The predicted octanol–water partition coefficient (Wildman–Crippen LogP) is 2.21. The molecule has 0 bridgehead atoms. The van der Waals surface area contributed by atoms with Gasteiger partial charge in [0.2, 0.25) is 5.91 Å². The lowest BCUT2D eigenvalue weighted by atomic mass is 10.2. The monoisotopic (exact) mass is 362 g/mol. The van der Waals surface area contributed by atoms with Gasteiger partial charge in [-0.2, -0.15) is 0 Å². The highest BCUT2D eigenvalue weighted by atomic mass is 79.9. The van der Waals surface area contributed by atoms with Gasteiger partial charge >= 0.3 is 0 Å². The van der Waals surface area contributed by atoms with Gasteiger partial charge in [-0.25, -0.2) is 0 Å². The molecule has 112 valence electrons. The largest absolute Gasteiger partial charge is 0.375 e. The van der Waals surface area contributed by atoms with Gasteiger partial charge in [0, 0.05) is 31.2 Å². The second-order valence-electron chi connectivity index (χ2n) is 4.78. The van der Waals surface area contributed by atoms with Crippen LogP contribution >= 0.6 is 28.3 Å². The molecule has 1 aromatic rings. The van der Waals surface area contributed by atoms with Gasteiger partial charge in [0.05, 0.1) is 19.1 Å². The SMILES string of the molecule is CN(Cc1cccc(Br)c1)C(=O)CC1CNCCO1.Cl. The number of nitrogens with one attached hydrogen (secondary N) is 1. The van der Waals surface area contributed by atoms with Gasteiger partial charge in [-0.15, -0.1) is 12.4 Å². The van der Waals surface area contributed by atoms with E-state index in [1.54, 1.807) is 4.90 Å². The first kappa shape index (κ1) is 17.4. The third kappa shape index (κ3) is 5.40. The van der Waals surface area contributed by atoms with Crippen LogP contribution in [0.3, 0.4) is 0 Å². The second kappa shape index (κ2) is 8.62. The molecule has 1 aliphatic rings. The van der Waals surface area contributed by atoms with E-state index in [-0.39, 0.29) is 24.4 Å². The molecular formula is C14H20BrClN2O2. The number of morpholine rings is 1. The van der Waals surface area contributed by atoms with Crippen molar-refractivity contribution in [1.29, 1.82) is 0 Å². The number of amides is 1. The van der Waals surface area contributed by atoms with E-state index in [2.05, 4.69) is 21.2 Å². The Hall–Kier alpha value is -0.620. The summed E-state index contributed by atoms with van der Waals surface area (Å²) < 4.78 is 6.58. The number of nitrogens with zero attached hydrogens (tertiary/aromatic N) is 1. The number of halogens is 2. The van der Waals surface area contributed by atoms with Crippen LogP contribution in [0.1, 0.15) is 12.0 Å². The lowest BCUT2D eigenvalue weighted by Gasteiger charge is -2.25. The summed E-state index contributed by atoms with van der Waals surface area (Å²) in [6.07, 6.45) is 0.448. The summed E-state index contributed by atoms with van der Waals surface area (Å²) in [5.74, 6) is 0.119. The quantitative estimate of drug-likeness (QED) is 0.892. The van der Waals surface area contributed by atoms with Crippen LogP contribution < -0.4 is 5.32 Å². The van der Waals surface area contributed by atoms with E-state index in [1.807, 2.05) is 31.3 Å². The summed E-state index contributed by atoms with van der Waals surface area (Å²) in [5, 5.41) is 3.23. The van der Waals surface area contributed by atoms with Crippen LogP contribution in [0.25, 0.3) is 0 Å². The van der Waals surface area contributed by atoms with E-state index in [9.17, 15) is 4.79 Å². The van der Waals surface area contributed by atoms with Crippen LogP contribution in [0.2, 0.25) is 0 Å². The summed E-state index contributed by atoms with van der Waals surface area (Å²) in [6, 6.07) is 8.01. The van der Waals surface area contributed by atoms with Gasteiger partial charge in [0.1, 0.15) is 0 Å². The zero-order valence-electron chi connectivity index (χ0n) is 11.5. The Morgan fingerprint density at radius 2 is 2.35 bits per heavy atom. The van der Waals surface area contributed by atoms with Crippen LogP contribution in [-0.2, 0) is 16.1 Å². The van der Waals surface area contributed by atoms with Crippen molar-refractivity contribution >= 4 is 34.2 Å². The second-order valence-corrected chi connectivity index (χ2v) is 5.70. The number of carbonyl (C=O) groups is 1. The van der Waals surface area contributed by atoms with Gasteiger partial charge in [0.15, 0.2) is 0 Å². The molecule has 1 amide bonds. The molecule has 2 rings (SSSR count). The number of rotatable bonds is 4. The summed E-state index contributed by atoms with van der Waals surface area (Å²) in [6.45, 7) is 2.95. The summed E-state index contributed by atoms with van der Waals surface area (Å²) in [7, 11) is 1.83. The van der Waals surface area contributed by atoms with Crippen LogP contribution in [0.4, 0.5) is 0 Å². The minimum Gasteiger partial charge on any atom is -0.375 e. The number of hydrogen-bond donors (Lipinski definition) is 1. The topological polar surface area (TPSA) is 41.6 Å². The Morgan fingerprint density at radius 1 is 1.55 bits per heavy atom. The molecule has 4 nitrogen and oxygen atoms in total. The predicted molar refractivity (Wildman–Crippen MR) is 85.1 cm³/mol. The van der Waals surface area contributed by atoms with Crippen molar-refractivity contribution in [3.63, 3.8) is 0 Å². The lowest BCUT2D eigenvalue weighted by Crippen LogP contribution is -2.41. The first-order valence-electron chi connectivity index (χ1n) is 6.46. The third-order valence-corrected chi connectivity index (χ3v) is 3.63. The van der Waals surface area contributed by atoms with Crippen molar-refractivity contribution in [3.8, 4) is 0 Å². The van der Waals surface area contributed by atoms with E-state index in [1.165, 1.54) is 0 Å². The van der Waals surface area contributed by atoms with E-state index in [0.717, 1.165) is 23.1 Å². The molecule has 20 heavy (non-hydrogen) atoms. The highest BCUT2D eigenvalue weighted by Gasteiger charge is 2.19. The van der Waals surface area contributed by atoms with Crippen molar-refractivity contribution in [2.75, 3.05) is 26.7 Å².